The van der Waals surface area contributed by atoms with Crippen molar-refractivity contribution in [3.8, 4) is 0 Å². The van der Waals surface area contributed by atoms with Crippen molar-refractivity contribution in [2.45, 2.75) is 70.6 Å². The van der Waals surface area contributed by atoms with Crippen LogP contribution in [-0.4, -0.2) is 41.0 Å². The SMILES string of the molecule is Cc1ccc2c(c1)c1cc(F)ccc1n2CC(C)(O)CNCCCNC1CCCCC1. The second kappa shape index (κ2) is 9.68. The first-order chi connectivity index (χ1) is 14.9. The lowest BCUT2D eigenvalue weighted by molar-refractivity contribution is 0.0442. The minimum atomic E-state index is -0.908. The number of hydrogen-bond donors (Lipinski definition) is 3. The summed E-state index contributed by atoms with van der Waals surface area (Å²) in [6.07, 6.45) is 7.77. The van der Waals surface area contributed by atoms with Crippen LogP contribution in [0.1, 0.15) is 51.0 Å². The molecule has 168 valence electrons. The summed E-state index contributed by atoms with van der Waals surface area (Å²) >= 11 is 0. The highest BCUT2D eigenvalue weighted by Gasteiger charge is 2.23. The molecule has 0 amide bonds. The molecular weight excluding hydrogens is 389 g/mol. The first-order valence-corrected chi connectivity index (χ1v) is 11.8. The zero-order valence-electron chi connectivity index (χ0n) is 18.9. The molecule has 3 aromatic rings. The Labute approximate surface area is 184 Å². The summed E-state index contributed by atoms with van der Waals surface area (Å²) in [5, 5.41) is 20.1. The molecule has 31 heavy (non-hydrogen) atoms. The van der Waals surface area contributed by atoms with Crippen molar-refractivity contribution in [1.82, 2.24) is 15.2 Å². The maximum absolute atomic E-state index is 13.9. The van der Waals surface area contributed by atoms with Crippen LogP contribution in [0.5, 0.6) is 0 Å². The van der Waals surface area contributed by atoms with Crippen LogP contribution in [-0.2, 0) is 6.54 Å². The van der Waals surface area contributed by atoms with Gasteiger partial charge < -0.3 is 20.3 Å². The molecule has 1 saturated carbocycles. The van der Waals surface area contributed by atoms with Crippen LogP contribution in [0.3, 0.4) is 0 Å². The van der Waals surface area contributed by atoms with E-state index in [0.717, 1.165) is 46.9 Å². The van der Waals surface area contributed by atoms with Crippen LogP contribution in [0.2, 0.25) is 0 Å². The van der Waals surface area contributed by atoms with Gasteiger partial charge in [-0.3, -0.25) is 0 Å². The molecule has 0 aliphatic heterocycles. The maximum atomic E-state index is 13.9. The van der Waals surface area contributed by atoms with Crippen LogP contribution >= 0.6 is 0 Å². The van der Waals surface area contributed by atoms with E-state index in [9.17, 15) is 9.50 Å². The van der Waals surface area contributed by atoms with Gasteiger partial charge >= 0.3 is 0 Å². The maximum Gasteiger partial charge on any atom is 0.123 e. The number of aromatic nitrogens is 1. The highest BCUT2D eigenvalue weighted by Crippen LogP contribution is 2.31. The highest BCUT2D eigenvalue weighted by molar-refractivity contribution is 6.08. The van der Waals surface area contributed by atoms with Gasteiger partial charge in [0, 0.05) is 34.4 Å². The second-order valence-corrected chi connectivity index (χ2v) is 9.58. The molecule has 5 heteroatoms. The number of benzene rings is 2. The van der Waals surface area contributed by atoms with Crippen molar-refractivity contribution in [3.05, 3.63) is 47.8 Å². The summed E-state index contributed by atoms with van der Waals surface area (Å²) in [6.45, 7) is 6.80. The van der Waals surface area contributed by atoms with Crippen molar-refractivity contribution in [1.29, 1.82) is 0 Å². The van der Waals surface area contributed by atoms with E-state index in [-0.39, 0.29) is 5.82 Å². The predicted molar refractivity (Wildman–Crippen MR) is 127 cm³/mol. The van der Waals surface area contributed by atoms with Crippen molar-refractivity contribution in [2.24, 2.45) is 0 Å². The summed E-state index contributed by atoms with van der Waals surface area (Å²) < 4.78 is 16.0. The predicted octanol–water partition coefficient (Wildman–Crippen LogP) is 4.90. The van der Waals surface area contributed by atoms with Crippen molar-refractivity contribution in [2.75, 3.05) is 19.6 Å². The number of fused-ring (bicyclic) bond motifs is 3. The fourth-order valence-corrected chi connectivity index (χ4v) is 4.94. The molecule has 1 atom stereocenters. The van der Waals surface area contributed by atoms with Gasteiger partial charge in [0.25, 0.3) is 0 Å². The van der Waals surface area contributed by atoms with Gasteiger partial charge in [-0.1, -0.05) is 30.9 Å². The Morgan fingerprint density at radius 3 is 2.52 bits per heavy atom. The van der Waals surface area contributed by atoms with Crippen molar-refractivity contribution < 1.29 is 9.50 Å². The normalized spacial score (nSPS) is 17.4. The number of aliphatic hydroxyl groups is 1. The molecule has 0 spiro atoms. The lowest BCUT2D eigenvalue weighted by Crippen LogP contribution is -2.42. The molecule has 1 fully saturated rings. The molecular formula is C26H36FN3O. The zero-order chi connectivity index (χ0) is 21.8. The first kappa shape index (κ1) is 22.3. The van der Waals surface area contributed by atoms with Crippen molar-refractivity contribution >= 4 is 21.8 Å². The minimum absolute atomic E-state index is 0.233. The summed E-state index contributed by atoms with van der Waals surface area (Å²) in [4.78, 5) is 0. The monoisotopic (exact) mass is 425 g/mol. The molecule has 4 nitrogen and oxygen atoms in total. The average molecular weight is 426 g/mol. The lowest BCUT2D eigenvalue weighted by atomic mass is 9.95. The third-order valence-electron chi connectivity index (χ3n) is 6.56. The van der Waals surface area contributed by atoms with Gasteiger partial charge in [0.1, 0.15) is 5.82 Å². The van der Waals surface area contributed by atoms with E-state index >= 15 is 0 Å². The molecule has 0 bridgehead atoms. The summed E-state index contributed by atoms with van der Waals surface area (Å²) in [5.74, 6) is -0.233. The Kier molecular flexibility index (Phi) is 6.95. The molecule has 2 aromatic carbocycles. The standard InChI is InChI=1S/C26H36FN3O/c1-19-9-11-24-22(15-19)23-16-20(27)10-12-25(23)30(24)18-26(2,31)17-28-13-6-14-29-21-7-4-3-5-8-21/h9-12,15-16,21,28-29,31H,3-8,13-14,17-18H2,1-2H3. The molecule has 1 aromatic heterocycles. The third-order valence-corrected chi connectivity index (χ3v) is 6.56. The molecule has 0 radical (unpaired) electrons. The van der Waals surface area contributed by atoms with Gasteiger partial charge in [0.15, 0.2) is 0 Å². The molecule has 4 rings (SSSR count). The zero-order valence-corrected chi connectivity index (χ0v) is 18.9. The fraction of sp³-hybridized carbons (Fsp3) is 0.538. The van der Waals surface area contributed by atoms with E-state index in [1.54, 1.807) is 6.07 Å². The number of aryl methyl sites for hydroxylation is 1. The van der Waals surface area contributed by atoms with E-state index in [2.05, 4.69) is 33.4 Å². The van der Waals surface area contributed by atoms with E-state index in [1.807, 2.05) is 19.9 Å². The molecule has 0 saturated heterocycles. The average Bonchev–Trinajstić information content (AvgIpc) is 3.03. The van der Waals surface area contributed by atoms with Crippen LogP contribution < -0.4 is 10.6 Å². The molecule has 1 aliphatic rings. The summed E-state index contributed by atoms with van der Waals surface area (Å²) in [5.41, 5.74) is 2.22. The van der Waals surface area contributed by atoms with E-state index in [0.29, 0.717) is 19.1 Å². The molecule has 1 aliphatic carbocycles. The Morgan fingerprint density at radius 2 is 1.74 bits per heavy atom. The van der Waals surface area contributed by atoms with Gasteiger partial charge in [-0.2, -0.15) is 0 Å². The Hall–Kier alpha value is -1.95. The second-order valence-electron chi connectivity index (χ2n) is 9.58. The molecule has 1 heterocycles. The van der Waals surface area contributed by atoms with Gasteiger partial charge in [-0.05, 0) is 76.5 Å². The van der Waals surface area contributed by atoms with Crippen LogP contribution in [0, 0.1) is 12.7 Å². The Morgan fingerprint density at radius 1 is 1.03 bits per heavy atom. The minimum Gasteiger partial charge on any atom is -0.387 e. The van der Waals surface area contributed by atoms with Crippen LogP contribution in [0.25, 0.3) is 21.8 Å². The highest BCUT2D eigenvalue weighted by atomic mass is 19.1. The number of nitrogens with one attached hydrogen (secondary N) is 2. The smallest absolute Gasteiger partial charge is 0.123 e. The van der Waals surface area contributed by atoms with Crippen LogP contribution in [0.4, 0.5) is 4.39 Å². The fourth-order valence-electron chi connectivity index (χ4n) is 4.94. The summed E-state index contributed by atoms with van der Waals surface area (Å²) in [7, 11) is 0. The molecule has 1 unspecified atom stereocenters. The topological polar surface area (TPSA) is 49.2 Å². The third kappa shape index (κ3) is 5.46. The van der Waals surface area contributed by atoms with E-state index in [1.165, 1.54) is 38.2 Å². The number of rotatable bonds is 9. The van der Waals surface area contributed by atoms with Crippen molar-refractivity contribution in [3.63, 3.8) is 0 Å². The number of nitrogens with zero attached hydrogens (tertiary/aromatic N) is 1. The van der Waals surface area contributed by atoms with Gasteiger partial charge in [-0.25, -0.2) is 4.39 Å². The Balaban J connectivity index is 1.37. The molecule has 3 N–H and O–H groups in total. The van der Waals surface area contributed by atoms with Gasteiger partial charge in [-0.15, -0.1) is 0 Å². The number of halogens is 1. The number of hydrogen-bond acceptors (Lipinski definition) is 3. The quantitative estimate of drug-likeness (QED) is 0.428. The first-order valence-electron chi connectivity index (χ1n) is 11.8. The summed E-state index contributed by atoms with van der Waals surface area (Å²) in [6, 6.07) is 11.8. The lowest BCUT2D eigenvalue weighted by Gasteiger charge is -2.26. The van der Waals surface area contributed by atoms with Crippen LogP contribution in [0.15, 0.2) is 36.4 Å². The van der Waals surface area contributed by atoms with E-state index < -0.39 is 5.60 Å². The van der Waals surface area contributed by atoms with E-state index in [4.69, 9.17) is 0 Å². The largest absolute Gasteiger partial charge is 0.387 e. The van der Waals surface area contributed by atoms with Gasteiger partial charge in [0.05, 0.1) is 12.1 Å². The Bertz CT molecular complexity index is 961. The van der Waals surface area contributed by atoms with Gasteiger partial charge in [0.2, 0.25) is 0 Å².